The van der Waals surface area contributed by atoms with Crippen molar-refractivity contribution in [2.24, 2.45) is 5.92 Å². The Morgan fingerprint density at radius 2 is 1.50 bits per heavy atom. The molecule has 0 radical (unpaired) electrons. The zero-order valence-corrected chi connectivity index (χ0v) is 13.0. The van der Waals surface area contributed by atoms with Gasteiger partial charge < -0.3 is 9.64 Å². The highest BCUT2D eigenvalue weighted by atomic mass is 16.5. The summed E-state index contributed by atoms with van der Waals surface area (Å²) in [6, 6.07) is 20.2. The number of nitrogens with zero attached hydrogens (tertiary/aromatic N) is 1. The van der Waals surface area contributed by atoms with Crippen molar-refractivity contribution in [3.63, 3.8) is 0 Å². The summed E-state index contributed by atoms with van der Waals surface area (Å²) >= 11 is 0. The molecule has 3 heteroatoms. The van der Waals surface area contributed by atoms with Crippen LogP contribution in [0.2, 0.25) is 0 Å². The van der Waals surface area contributed by atoms with Gasteiger partial charge in [0.15, 0.2) is 0 Å². The van der Waals surface area contributed by atoms with E-state index in [0.29, 0.717) is 6.61 Å². The van der Waals surface area contributed by atoms with Crippen molar-refractivity contribution in [2.45, 2.75) is 12.0 Å². The van der Waals surface area contributed by atoms with Gasteiger partial charge in [0, 0.05) is 20.7 Å². The maximum absolute atomic E-state index is 12.8. The minimum atomic E-state index is -0.691. The summed E-state index contributed by atoms with van der Waals surface area (Å²) in [5.41, 5.74) is 1.39. The third kappa shape index (κ3) is 2.32. The Hall–Kier alpha value is -2.13. The summed E-state index contributed by atoms with van der Waals surface area (Å²) in [4.78, 5) is 14.4. The van der Waals surface area contributed by atoms with Gasteiger partial charge in [-0.3, -0.25) is 4.79 Å². The normalized spacial score (nSPS) is 19.8. The van der Waals surface area contributed by atoms with Crippen molar-refractivity contribution in [1.82, 2.24) is 4.90 Å². The quantitative estimate of drug-likeness (QED) is 0.871. The SMILES string of the molecule is CN(C)C(=O)C1CCOC1(c1ccccc1)c1ccccc1. The zero-order chi connectivity index (χ0) is 15.6. The van der Waals surface area contributed by atoms with Crippen LogP contribution in [0.4, 0.5) is 0 Å². The molecule has 0 aliphatic carbocycles. The van der Waals surface area contributed by atoms with Crippen molar-refractivity contribution in [3.05, 3.63) is 71.8 Å². The van der Waals surface area contributed by atoms with Crippen LogP contribution >= 0.6 is 0 Å². The van der Waals surface area contributed by atoms with Gasteiger partial charge in [-0.15, -0.1) is 0 Å². The van der Waals surface area contributed by atoms with Gasteiger partial charge in [-0.2, -0.15) is 0 Å². The fourth-order valence-corrected chi connectivity index (χ4v) is 3.36. The maximum Gasteiger partial charge on any atom is 0.228 e. The third-order valence-corrected chi connectivity index (χ3v) is 4.37. The van der Waals surface area contributed by atoms with E-state index in [1.165, 1.54) is 0 Å². The minimum Gasteiger partial charge on any atom is -0.365 e. The molecule has 1 heterocycles. The van der Waals surface area contributed by atoms with E-state index in [-0.39, 0.29) is 11.8 Å². The summed E-state index contributed by atoms with van der Waals surface area (Å²) in [6.45, 7) is 0.591. The minimum absolute atomic E-state index is 0.116. The monoisotopic (exact) mass is 295 g/mol. The molecule has 1 atom stereocenters. The number of ether oxygens (including phenoxy) is 1. The Bertz CT molecular complexity index is 597. The van der Waals surface area contributed by atoms with Gasteiger partial charge in [0.25, 0.3) is 0 Å². The first-order valence-electron chi connectivity index (χ1n) is 7.62. The molecule has 22 heavy (non-hydrogen) atoms. The van der Waals surface area contributed by atoms with Gasteiger partial charge in [-0.1, -0.05) is 60.7 Å². The molecule has 1 amide bonds. The molecule has 0 spiro atoms. The fourth-order valence-electron chi connectivity index (χ4n) is 3.36. The van der Waals surface area contributed by atoms with Gasteiger partial charge in [0.05, 0.1) is 5.92 Å². The molecule has 0 bridgehead atoms. The van der Waals surface area contributed by atoms with Crippen molar-refractivity contribution >= 4 is 5.91 Å². The summed E-state index contributed by atoms with van der Waals surface area (Å²) < 4.78 is 6.25. The van der Waals surface area contributed by atoms with Gasteiger partial charge in [-0.25, -0.2) is 0 Å². The van der Waals surface area contributed by atoms with E-state index >= 15 is 0 Å². The molecular weight excluding hydrogens is 274 g/mol. The van der Waals surface area contributed by atoms with Crippen LogP contribution in [-0.4, -0.2) is 31.5 Å². The summed E-state index contributed by atoms with van der Waals surface area (Å²) in [5, 5.41) is 0. The second kappa shape index (κ2) is 5.93. The molecule has 1 aliphatic heterocycles. The lowest BCUT2D eigenvalue weighted by Gasteiger charge is -2.36. The van der Waals surface area contributed by atoms with Crippen LogP contribution < -0.4 is 0 Å². The third-order valence-electron chi connectivity index (χ3n) is 4.37. The highest BCUT2D eigenvalue weighted by Gasteiger charge is 2.51. The number of benzene rings is 2. The molecule has 0 aromatic heterocycles. The van der Waals surface area contributed by atoms with E-state index in [1.54, 1.807) is 19.0 Å². The first-order valence-corrected chi connectivity index (χ1v) is 7.62. The topological polar surface area (TPSA) is 29.5 Å². The van der Waals surface area contributed by atoms with E-state index in [2.05, 4.69) is 0 Å². The number of amides is 1. The second-order valence-corrected chi connectivity index (χ2v) is 5.89. The van der Waals surface area contributed by atoms with Crippen LogP contribution in [0.3, 0.4) is 0 Å². The van der Waals surface area contributed by atoms with E-state index < -0.39 is 5.60 Å². The molecule has 0 N–H and O–H groups in total. The van der Waals surface area contributed by atoms with Gasteiger partial charge in [-0.05, 0) is 17.5 Å². The van der Waals surface area contributed by atoms with Crippen LogP contribution in [0.1, 0.15) is 17.5 Å². The highest BCUT2D eigenvalue weighted by Crippen LogP contribution is 2.47. The molecule has 2 aromatic rings. The van der Waals surface area contributed by atoms with Crippen molar-refractivity contribution in [3.8, 4) is 0 Å². The average molecular weight is 295 g/mol. The zero-order valence-electron chi connectivity index (χ0n) is 13.0. The van der Waals surface area contributed by atoms with E-state index in [4.69, 9.17) is 4.74 Å². The molecule has 0 saturated carbocycles. The molecule has 2 aromatic carbocycles. The summed E-state index contributed by atoms with van der Waals surface area (Å²) in [6.07, 6.45) is 0.737. The van der Waals surface area contributed by atoms with E-state index in [9.17, 15) is 4.79 Å². The summed E-state index contributed by atoms with van der Waals surface area (Å²) in [7, 11) is 3.61. The average Bonchev–Trinajstić information content (AvgIpc) is 3.01. The molecule has 1 saturated heterocycles. The Labute approximate surface area is 131 Å². The van der Waals surface area contributed by atoms with Crippen LogP contribution in [0.25, 0.3) is 0 Å². The van der Waals surface area contributed by atoms with Gasteiger partial charge >= 0.3 is 0 Å². The molecule has 3 nitrogen and oxygen atoms in total. The Balaban J connectivity index is 2.18. The fraction of sp³-hybridized carbons (Fsp3) is 0.316. The second-order valence-electron chi connectivity index (χ2n) is 5.89. The Kier molecular flexibility index (Phi) is 3.99. The number of hydrogen-bond donors (Lipinski definition) is 0. The lowest BCUT2D eigenvalue weighted by Crippen LogP contribution is -2.42. The largest absolute Gasteiger partial charge is 0.365 e. The van der Waals surface area contributed by atoms with Gasteiger partial charge in [0.2, 0.25) is 5.91 Å². The molecule has 114 valence electrons. The number of hydrogen-bond acceptors (Lipinski definition) is 2. The Morgan fingerprint density at radius 1 is 1.00 bits per heavy atom. The smallest absolute Gasteiger partial charge is 0.228 e. The molecule has 1 fully saturated rings. The van der Waals surface area contributed by atoms with E-state index in [0.717, 1.165) is 17.5 Å². The van der Waals surface area contributed by atoms with Crippen LogP contribution in [0.5, 0.6) is 0 Å². The predicted octanol–water partition coefficient (Wildman–Crippen LogP) is 3.05. The lowest BCUT2D eigenvalue weighted by molar-refractivity contribution is -0.137. The molecule has 3 rings (SSSR count). The lowest BCUT2D eigenvalue weighted by atomic mass is 9.75. The first kappa shape index (κ1) is 14.8. The highest BCUT2D eigenvalue weighted by molar-refractivity contribution is 5.81. The van der Waals surface area contributed by atoms with Crippen molar-refractivity contribution < 1.29 is 9.53 Å². The van der Waals surface area contributed by atoms with Crippen molar-refractivity contribution in [1.29, 1.82) is 0 Å². The van der Waals surface area contributed by atoms with Crippen molar-refractivity contribution in [2.75, 3.05) is 20.7 Å². The number of carbonyl (C=O) groups excluding carboxylic acids is 1. The van der Waals surface area contributed by atoms with E-state index in [1.807, 2.05) is 60.7 Å². The first-order chi connectivity index (χ1) is 10.7. The standard InChI is InChI=1S/C19H21NO2/c1-20(2)18(21)17-13-14-22-19(17,15-9-5-3-6-10-15)16-11-7-4-8-12-16/h3-12,17H,13-14H2,1-2H3. The Morgan fingerprint density at radius 3 is 1.95 bits per heavy atom. The van der Waals surface area contributed by atoms with Gasteiger partial charge in [0.1, 0.15) is 5.60 Å². The van der Waals surface area contributed by atoms with Crippen LogP contribution in [0, 0.1) is 5.92 Å². The number of carbonyl (C=O) groups is 1. The molecule has 1 aliphatic rings. The molecule has 1 unspecified atom stereocenters. The van der Waals surface area contributed by atoms with Crippen LogP contribution in [0.15, 0.2) is 60.7 Å². The summed E-state index contributed by atoms with van der Waals surface area (Å²) in [5.74, 6) is -0.0856. The maximum atomic E-state index is 12.8. The van der Waals surface area contributed by atoms with Crippen LogP contribution in [-0.2, 0) is 15.1 Å². The predicted molar refractivity (Wildman–Crippen MR) is 86.4 cm³/mol. The molecular formula is C19H21NO2. The number of rotatable bonds is 3.